The average molecular weight is 337 g/mol. The highest BCUT2D eigenvalue weighted by molar-refractivity contribution is 6.36. The Morgan fingerprint density at radius 1 is 1.18 bits per heavy atom. The van der Waals surface area contributed by atoms with Crippen LogP contribution in [0.3, 0.4) is 0 Å². The Morgan fingerprint density at radius 2 is 1.86 bits per heavy atom. The van der Waals surface area contributed by atoms with Crippen molar-refractivity contribution >= 4 is 23.2 Å². The van der Waals surface area contributed by atoms with Crippen molar-refractivity contribution in [2.75, 3.05) is 0 Å². The smallest absolute Gasteiger partial charge is 0.0455 e. The van der Waals surface area contributed by atoms with Crippen molar-refractivity contribution in [3.05, 3.63) is 57.1 Å². The molecule has 0 amide bonds. The van der Waals surface area contributed by atoms with Crippen LogP contribution in [0, 0.1) is 12.8 Å². The van der Waals surface area contributed by atoms with Gasteiger partial charge >= 0.3 is 0 Å². The molecule has 0 radical (unpaired) electrons. The van der Waals surface area contributed by atoms with E-state index in [0.29, 0.717) is 5.92 Å². The Morgan fingerprint density at radius 3 is 2.50 bits per heavy atom. The highest BCUT2D eigenvalue weighted by Crippen LogP contribution is 2.34. The van der Waals surface area contributed by atoms with Crippen LogP contribution in [0.25, 0.3) is 0 Å². The fourth-order valence-corrected chi connectivity index (χ4v) is 4.04. The second-order valence-corrected chi connectivity index (χ2v) is 7.23. The van der Waals surface area contributed by atoms with Gasteiger partial charge in [0.2, 0.25) is 0 Å². The molecule has 1 aromatic rings. The molecule has 2 rings (SSSR count). The van der Waals surface area contributed by atoms with Crippen LogP contribution in [-0.4, -0.2) is 0 Å². The van der Waals surface area contributed by atoms with Crippen molar-refractivity contribution in [3.8, 4) is 0 Å². The van der Waals surface area contributed by atoms with Crippen LogP contribution in [0.15, 0.2) is 35.9 Å². The van der Waals surface area contributed by atoms with Crippen LogP contribution in [0.5, 0.6) is 0 Å². The molecule has 120 valence electrons. The van der Waals surface area contributed by atoms with Gasteiger partial charge in [0.15, 0.2) is 0 Å². The maximum absolute atomic E-state index is 6.43. The molecular formula is C20H26Cl2. The predicted molar refractivity (Wildman–Crippen MR) is 99.0 cm³/mol. The minimum Gasteiger partial charge on any atom is -0.0996 e. The number of benzene rings is 1. The number of hydrogen-bond donors (Lipinski definition) is 0. The van der Waals surface area contributed by atoms with E-state index in [1.54, 1.807) is 5.57 Å². The molecule has 0 N–H and O–H groups in total. The van der Waals surface area contributed by atoms with Crippen LogP contribution in [-0.2, 0) is 6.42 Å². The van der Waals surface area contributed by atoms with Gasteiger partial charge in [-0.2, -0.15) is 0 Å². The monoisotopic (exact) mass is 336 g/mol. The van der Waals surface area contributed by atoms with E-state index in [4.69, 9.17) is 23.2 Å². The van der Waals surface area contributed by atoms with Gasteiger partial charge in [-0.15, -0.1) is 0 Å². The zero-order valence-corrected chi connectivity index (χ0v) is 15.2. The van der Waals surface area contributed by atoms with Gasteiger partial charge in [-0.1, -0.05) is 53.9 Å². The lowest BCUT2D eigenvalue weighted by molar-refractivity contribution is 0.520. The Balaban J connectivity index is 2.13. The van der Waals surface area contributed by atoms with E-state index in [1.165, 1.54) is 31.3 Å². The van der Waals surface area contributed by atoms with Crippen LogP contribution in [0.1, 0.15) is 56.6 Å². The molecule has 0 bridgehead atoms. The van der Waals surface area contributed by atoms with Crippen LogP contribution in [0.4, 0.5) is 0 Å². The zero-order valence-electron chi connectivity index (χ0n) is 13.7. The van der Waals surface area contributed by atoms with Gasteiger partial charge in [0.1, 0.15) is 0 Å². The van der Waals surface area contributed by atoms with E-state index in [9.17, 15) is 0 Å². The second-order valence-electron chi connectivity index (χ2n) is 6.41. The lowest BCUT2D eigenvalue weighted by Gasteiger charge is -2.20. The largest absolute Gasteiger partial charge is 0.0996 e. The van der Waals surface area contributed by atoms with Crippen molar-refractivity contribution in [2.24, 2.45) is 5.92 Å². The SMILES string of the molecule is C=C1CCC=C(CC)CCCC1Cc1c(Cl)cc(C)cc1Cl. The molecule has 0 saturated heterocycles. The standard InChI is InChI=1S/C20H26Cl2/c1-4-16-8-5-7-15(3)17(10-6-9-16)13-18-19(21)11-14(2)12-20(18)22/h8,11-12,17H,3-7,9-10,13H2,1-2H3. The molecule has 1 atom stereocenters. The first-order chi connectivity index (χ1) is 10.5. The third kappa shape index (κ3) is 4.64. The maximum Gasteiger partial charge on any atom is 0.0455 e. The molecule has 1 aromatic carbocycles. The van der Waals surface area contributed by atoms with E-state index in [1.807, 2.05) is 19.1 Å². The third-order valence-corrected chi connectivity index (χ3v) is 5.39. The average Bonchev–Trinajstić information content (AvgIpc) is 2.54. The summed E-state index contributed by atoms with van der Waals surface area (Å²) in [5.41, 5.74) is 5.15. The quantitative estimate of drug-likeness (QED) is 0.507. The predicted octanol–water partition coefficient (Wildman–Crippen LogP) is 7.32. The summed E-state index contributed by atoms with van der Waals surface area (Å²) >= 11 is 12.9. The number of hydrogen-bond acceptors (Lipinski definition) is 0. The summed E-state index contributed by atoms with van der Waals surface area (Å²) < 4.78 is 0. The van der Waals surface area contributed by atoms with Gasteiger partial charge in [0.25, 0.3) is 0 Å². The van der Waals surface area contributed by atoms with Crippen LogP contribution >= 0.6 is 23.2 Å². The van der Waals surface area contributed by atoms with Crippen LogP contribution in [0.2, 0.25) is 10.0 Å². The van der Waals surface area contributed by atoms with Gasteiger partial charge in [-0.25, -0.2) is 0 Å². The molecule has 0 fully saturated rings. The number of rotatable bonds is 3. The number of allylic oxidation sites excluding steroid dienone is 3. The molecule has 0 heterocycles. The van der Waals surface area contributed by atoms with Gasteiger partial charge in [0.05, 0.1) is 0 Å². The molecule has 1 aliphatic carbocycles. The van der Waals surface area contributed by atoms with Crippen molar-refractivity contribution in [3.63, 3.8) is 0 Å². The summed E-state index contributed by atoms with van der Waals surface area (Å²) in [5, 5.41) is 1.59. The van der Waals surface area contributed by atoms with Gasteiger partial charge in [0, 0.05) is 10.0 Å². The molecule has 0 spiro atoms. The number of aryl methyl sites for hydroxylation is 1. The summed E-state index contributed by atoms with van der Waals surface area (Å²) in [7, 11) is 0. The zero-order chi connectivity index (χ0) is 16.1. The third-order valence-electron chi connectivity index (χ3n) is 4.72. The van der Waals surface area contributed by atoms with E-state index in [-0.39, 0.29) is 0 Å². The molecule has 0 nitrogen and oxygen atoms in total. The minimum atomic E-state index is 0.488. The molecule has 0 aromatic heterocycles. The van der Waals surface area contributed by atoms with Gasteiger partial charge in [-0.3, -0.25) is 0 Å². The fraction of sp³-hybridized carbons (Fsp3) is 0.500. The summed E-state index contributed by atoms with van der Waals surface area (Å²) in [6, 6.07) is 4.02. The summed E-state index contributed by atoms with van der Waals surface area (Å²) in [4.78, 5) is 0. The first-order valence-electron chi connectivity index (χ1n) is 8.31. The topological polar surface area (TPSA) is 0 Å². The molecule has 0 saturated carbocycles. The summed E-state index contributed by atoms with van der Waals surface area (Å²) in [5.74, 6) is 0.488. The maximum atomic E-state index is 6.43. The molecule has 2 heteroatoms. The summed E-state index contributed by atoms with van der Waals surface area (Å²) in [6.45, 7) is 8.63. The van der Waals surface area contributed by atoms with Crippen LogP contribution < -0.4 is 0 Å². The first kappa shape index (κ1) is 17.6. The van der Waals surface area contributed by atoms with E-state index < -0.39 is 0 Å². The van der Waals surface area contributed by atoms with E-state index >= 15 is 0 Å². The lowest BCUT2D eigenvalue weighted by Crippen LogP contribution is -2.08. The van der Waals surface area contributed by atoms with Crippen molar-refractivity contribution < 1.29 is 0 Å². The lowest BCUT2D eigenvalue weighted by atomic mass is 9.86. The van der Waals surface area contributed by atoms with Crippen molar-refractivity contribution in [2.45, 2.75) is 58.8 Å². The Labute approximate surface area is 145 Å². The Kier molecular flexibility index (Phi) is 6.59. The van der Waals surface area contributed by atoms with Crippen molar-refractivity contribution in [1.29, 1.82) is 0 Å². The Hall–Kier alpha value is -0.720. The molecular weight excluding hydrogens is 311 g/mol. The molecule has 22 heavy (non-hydrogen) atoms. The second kappa shape index (κ2) is 8.22. The molecule has 1 unspecified atom stereocenters. The van der Waals surface area contributed by atoms with E-state index in [2.05, 4.69) is 19.6 Å². The van der Waals surface area contributed by atoms with E-state index in [0.717, 1.165) is 40.4 Å². The highest BCUT2D eigenvalue weighted by atomic mass is 35.5. The molecule has 0 aliphatic heterocycles. The van der Waals surface area contributed by atoms with Gasteiger partial charge in [-0.05, 0) is 81.0 Å². The fourth-order valence-electron chi connectivity index (χ4n) is 3.29. The summed E-state index contributed by atoms with van der Waals surface area (Å²) in [6.07, 6.45) is 10.3. The Bertz CT molecular complexity index is 546. The number of halogens is 2. The minimum absolute atomic E-state index is 0.488. The molecule has 1 aliphatic rings. The van der Waals surface area contributed by atoms with Gasteiger partial charge < -0.3 is 0 Å². The first-order valence-corrected chi connectivity index (χ1v) is 9.07. The van der Waals surface area contributed by atoms with Crippen molar-refractivity contribution in [1.82, 2.24) is 0 Å². The highest BCUT2D eigenvalue weighted by Gasteiger charge is 2.18. The normalized spacial score (nSPS) is 20.1.